The third-order valence-corrected chi connectivity index (χ3v) is 4.59. The van der Waals surface area contributed by atoms with Gasteiger partial charge in [-0.2, -0.15) is 0 Å². The number of amides is 1. The van der Waals surface area contributed by atoms with E-state index in [9.17, 15) is 4.79 Å². The Bertz CT molecular complexity index is 514. The van der Waals surface area contributed by atoms with Crippen LogP contribution in [0.2, 0.25) is 0 Å². The van der Waals surface area contributed by atoms with E-state index in [-0.39, 0.29) is 5.91 Å². The van der Waals surface area contributed by atoms with Gasteiger partial charge in [0.15, 0.2) is 0 Å². The average molecular weight is 273 g/mol. The van der Waals surface area contributed by atoms with Crippen molar-refractivity contribution in [3.05, 3.63) is 23.8 Å². The van der Waals surface area contributed by atoms with E-state index in [1.54, 1.807) is 0 Å². The van der Waals surface area contributed by atoms with E-state index in [2.05, 4.69) is 29.3 Å². The normalized spacial score (nSPS) is 26.1. The Morgan fingerprint density at radius 1 is 1.35 bits per heavy atom. The summed E-state index contributed by atoms with van der Waals surface area (Å²) in [5, 5.41) is 2.88. The number of carbonyl (C=O) groups is 1. The Balaban J connectivity index is 1.90. The Morgan fingerprint density at radius 3 is 3.00 bits per heavy atom. The van der Waals surface area contributed by atoms with Crippen LogP contribution in [-0.2, 0) is 4.79 Å². The molecular formula is C16H23N3O. The van der Waals surface area contributed by atoms with Crippen LogP contribution < -0.4 is 16.0 Å². The van der Waals surface area contributed by atoms with Crippen LogP contribution in [-0.4, -0.2) is 18.5 Å². The molecule has 2 aliphatic heterocycles. The third kappa shape index (κ3) is 2.29. The second kappa shape index (κ2) is 5.44. The Labute approximate surface area is 120 Å². The van der Waals surface area contributed by atoms with Crippen LogP contribution in [0.3, 0.4) is 0 Å². The van der Waals surface area contributed by atoms with Gasteiger partial charge in [0.25, 0.3) is 0 Å². The Hall–Kier alpha value is -1.55. The largest absolute Gasteiger partial charge is 0.369 e. The fourth-order valence-corrected chi connectivity index (χ4v) is 3.40. The van der Waals surface area contributed by atoms with Crippen molar-refractivity contribution in [2.75, 3.05) is 16.8 Å². The first-order valence-corrected chi connectivity index (χ1v) is 7.67. The van der Waals surface area contributed by atoms with Crippen molar-refractivity contribution in [1.82, 2.24) is 0 Å². The maximum atomic E-state index is 11.6. The molecule has 0 aromatic heterocycles. The maximum Gasteiger partial charge on any atom is 0.245 e. The number of nitrogens with one attached hydrogen (secondary N) is 1. The lowest BCUT2D eigenvalue weighted by atomic mass is 10.0. The molecule has 4 nitrogen and oxygen atoms in total. The van der Waals surface area contributed by atoms with Gasteiger partial charge < -0.3 is 16.0 Å². The number of nitrogens with two attached hydrogens (primary N) is 1. The number of nitrogens with zero attached hydrogens (tertiary/aromatic N) is 1. The molecular weight excluding hydrogens is 250 g/mol. The van der Waals surface area contributed by atoms with Gasteiger partial charge in [-0.15, -0.1) is 0 Å². The summed E-state index contributed by atoms with van der Waals surface area (Å²) in [5.41, 5.74) is 8.89. The smallest absolute Gasteiger partial charge is 0.245 e. The summed E-state index contributed by atoms with van der Waals surface area (Å²) in [6.45, 7) is 3.37. The van der Waals surface area contributed by atoms with Gasteiger partial charge in [0.1, 0.15) is 6.04 Å². The van der Waals surface area contributed by atoms with E-state index in [0.29, 0.717) is 6.04 Å². The number of fused-ring (bicyclic) bond motifs is 1. The summed E-state index contributed by atoms with van der Waals surface area (Å²) in [6, 6.07) is 6.32. The first-order valence-electron chi connectivity index (χ1n) is 7.67. The zero-order chi connectivity index (χ0) is 14.1. The average Bonchev–Trinajstić information content (AvgIpc) is 2.66. The SMILES string of the molecule is CCC1CCCCCN1c1ccc2c(c1)NC(=O)C2N. The van der Waals surface area contributed by atoms with Gasteiger partial charge in [-0.05, 0) is 31.4 Å². The van der Waals surface area contributed by atoms with Crippen LogP contribution in [0.5, 0.6) is 0 Å². The van der Waals surface area contributed by atoms with Crippen LogP contribution in [0.15, 0.2) is 18.2 Å². The molecule has 0 bridgehead atoms. The molecule has 2 unspecified atom stereocenters. The maximum absolute atomic E-state index is 11.6. The lowest BCUT2D eigenvalue weighted by Gasteiger charge is -2.31. The van der Waals surface area contributed by atoms with Crippen LogP contribution >= 0.6 is 0 Å². The van der Waals surface area contributed by atoms with E-state index >= 15 is 0 Å². The van der Waals surface area contributed by atoms with Crippen molar-refractivity contribution < 1.29 is 4.79 Å². The fourth-order valence-electron chi connectivity index (χ4n) is 3.40. The molecule has 1 aromatic rings. The lowest BCUT2D eigenvalue weighted by molar-refractivity contribution is -0.116. The molecule has 0 saturated carbocycles. The molecule has 2 atom stereocenters. The molecule has 1 fully saturated rings. The summed E-state index contributed by atoms with van der Waals surface area (Å²) in [5.74, 6) is -0.0972. The van der Waals surface area contributed by atoms with Gasteiger partial charge in [-0.3, -0.25) is 4.79 Å². The number of rotatable bonds is 2. The van der Waals surface area contributed by atoms with E-state index in [4.69, 9.17) is 5.73 Å². The van der Waals surface area contributed by atoms with Crippen molar-refractivity contribution in [2.45, 2.75) is 51.1 Å². The summed E-state index contributed by atoms with van der Waals surface area (Å²) >= 11 is 0. The Morgan fingerprint density at radius 2 is 2.20 bits per heavy atom. The fraction of sp³-hybridized carbons (Fsp3) is 0.562. The number of benzene rings is 1. The molecule has 0 spiro atoms. The third-order valence-electron chi connectivity index (χ3n) is 4.59. The summed E-state index contributed by atoms with van der Waals surface area (Å²) in [6.07, 6.45) is 6.32. The molecule has 2 heterocycles. The standard InChI is InChI=1S/C16H23N3O/c1-2-11-6-4-3-5-9-19(11)12-7-8-13-14(10-12)18-16(20)15(13)17/h7-8,10-11,15H,2-6,9,17H2,1H3,(H,18,20). The van der Waals surface area contributed by atoms with Gasteiger partial charge in [-0.1, -0.05) is 25.8 Å². The minimum absolute atomic E-state index is 0.0972. The molecule has 3 N–H and O–H groups in total. The molecule has 3 rings (SSSR count). The molecule has 20 heavy (non-hydrogen) atoms. The molecule has 1 amide bonds. The quantitative estimate of drug-likeness (QED) is 0.871. The summed E-state index contributed by atoms with van der Waals surface area (Å²) in [4.78, 5) is 14.1. The highest BCUT2D eigenvalue weighted by Gasteiger charge is 2.28. The van der Waals surface area contributed by atoms with Gasteiger partial charge >= 0.3 is 0 Å². The molecule has 0 radical (unpaired) electrons. The molecule has 108 valence electrons. The predicted molar refractivity (Wildman–Crippen MR) is 81.9 cm³/mol. The highest BCUT2D eigenvalue weighted by Crippen LogP contribution is 2.34. The number of carbonyl (C=O) groups excluding carboxylic acids is 1. The second-order valence-corrected chi connectivity index (χ2v) is 5.84. The van der Waals surface area contributed by atoms with E-state index in [1.807, 2.05) is 6.07 Å². The first-order chi connectivity index (χ1) is 9.70. The predicted octanol–water partition coefficient (Wildman–Crippen LogP) is 2.80. The van der Waals surface area contributed by atoms with Gasteiger partial charge in [-0.25, -0.2) is 0 Å². The zero-order valence-corrected chi connectivity index (χ0v) is 12.1. The second-order valence-electron chi connectivity index (χ2n) is 5.84. The van der Waals surface area contributed by atoms with Crippen molar-refractivity contribution in [3.63, 3.8) is 0 Å². The molecule has 2 aliphatic rings. The van der Waals surface area contributed by atoms with Crippen LogP contribution in [0.4, 0.5) is 11.4 Å². The van der Waals surface area contributed by atoms with Gasteiger partial charge in [0.05, 0.1) is 0 Å². The van der Waals surface area contributed by atoms with Crippen LogP contribution in [0.25, 0.3) is 0 Å². The highest BCUT2D eigenvalue weighted by molar-refractivity contribution is 6.02. The van der Waals surface area contributed by atoms with Crippen molar-refractivity contribution in [3.8, 4) is 0 Å². The number of hydrogen-bond donors (Lipinski definition) is 2. The van der Waals surface area contributed by atoms with E-state index in [1.165, 1.54) is 37.8 Å². The van der Waals surface area contributed by atoms with Crippen molar-refractivity contribution in [1.29, 1.82) is 0 Å². The number of anilines is 2. The van der Waals surface area contributed by atoms with Crippen LogP contribution in [0, 0.1) is 0 Å². The van der Waals surface area contributed by atoms with Crippen LogP contribution in [0.1, 0.15) is 50.6 Å². The van der Waals surface area contributed by atoms with E-state index < -0.39 is 6.04 Å². The molecule has 0 aliphatic carbocycles. The minimum Gasteiger partial charge on any atom is -0.369 e. The Kier molecular flexibility index (Phi) is 3.66. The lowest BCUT2D eigenvalue weighted by Crippen LogP contribution is -2.34. The van der Waals surface area contributed by atoms with Crippen molar-refractivity contribution in [2.24, 2.45) is 5.73 Å². The van der Waals surface area contributed by atoms with Gasteiger partial charge in [0.2, 0.25) is 5.91 Å². The highest BCUT2D eigenvalue weighted by atomic mass is 16.2. The zero-order valence-electron chi connectivity index (χ0n) is 12.1. The minimum atomic E-state index is -0.509. The molecule has 1 aromatic carbocycles. The monoisotopic (exact) mass is 273 g/mol. The molecule has 4 heteroatoms. The van der Waals surface area contributed by atoms with Gasteiger partial charge in [0, 0.05) is 29.5 Å². The summed E-state index contributed by atoms with van der Waals surface area (Å²) in [7, 11) is 0. The first kappa shape index (κ1) is 13.4. The van der Waals surface area contributed by atoms with E-state index in [0.717, 1.165) is 17.8 Å². The summed E-state index contributed by atoms with van der Waals surface area (Å²) < 4.78 is 0. The number of hydrogen-bond acceptors (Lipinski definition) is 3. The topological polar surface area (TPSA) is 58.4 Å². The molecule has 1 saturated heterocycles. The van der Waals surface area contributed by atoms with Crippen molar-refractivity contribution >= 4 is 17.3 Å².